The van der Waals surface area contributed by atoms with Crippen LogP contribution in [-0.2, 0) is 21.8 Å². The number of hydrogen-bond donors (Lipinski definition) is 0. The number of rotatable bonds is 3. The summed E-state index contributed by atoms with van der Waals surface area (Å²) in [4.78, 5) is 8.02. The zero-order valence-electron chi connectivity index (χ0n) is 11.4. The highest BCUT2D eigenvalue weighted by molar-refractivity contribution is 7.90. The molecule has 2 rings (SSSR count). The van der Waals surface area contributed by atoms with Gasteiger partial charge in [0.05, 0.1) is 6.20 Å². The van der Waals surface area contributed by atoms with E-state index in [9.17, 15) is 8.42 Å². The third kappa shape index (κ3) is 3.04. The van der Waals surface area contributed by atoms with Crippen LogP contribution in [0, 0.1) is 0 Å². The van der Waals surface area contributed by atoms with Crippen molar-refractivity contribution in [2.75, 3.05) is 6.26 Å². The molecule has 0 bridgehead atoms. The van der Waals surface area contributed by atoms with Crippen molar-refractivity contribution in [1.82, 2.24) is 14.5 Å². The Morgan fingerprint density at radius 3 is 2.53 bits per heavy atom. The minimum Gasteiger partial charge on any atom is -0.443 e. The Balaban J connectivity index is 2.28. The minimum atomic E-state index is -3.35. The van der Waals surface area contributed by atoms with Crippen LogP contribution in [-0.4, -0.2) is 29.2 Å². The van der Waals surface area contributed by atoms with Crippen molar-refractivity contribution >= 4 is 9.84 Å². The van der Waals surface area contributed by atoms with E-state index in [4.69, 9.17) is 4.42 Å². The molecule has 0 atom stereocenters. The monoisotopic (exact) mass is 283 g/mol. The van der Waals surface area contributed by atoms with Gasteiger partial charge in [-0.2, -0.15) is 0 Å². The van der Waals surface area contributed by atoms with Crippen LogP contribution in [0.3, 0.4) is 0 Å². The molecule has 104 valence electrons. The zero-order valence-corrected chi connectivity index (χ0v) is 12.2. The fourth-order valence-corrected chi connectivity index (χ4v) is 2.42. The van der Waals surface area contributed by atoms with E-state index < -0.39 is 9.84 Å². The van der Waals surface area contributed by atoms with Gasteiger partial charge >= 0.3 is 0 Å². The van der Waals surface area contributed by atoms with Gasteiger partial charge in [0, 0.05) is 24.1 Å². The SMILES string of the molecule is CC(C)(C)c1cnc(Cn2ccnc2S(C)(=O)=O)o1. The largest absolute Gasteiger partial charge is 0.443 e. The van der Waals surface area contributed by atoms with Gasteiger partial charge in [0.2, 0.25) is 20.9 Å². The smallest absolute Gasteiger partial charge is 0.227 e. The van der Waals surface area contributed by atoms with Crippen molar-refractivity contribution in [3.63, 3.8) is 0 Å². The second kappa shape index (κ2) is 4.48. The molecule has 0 saturated carbocycles. The van der Waals surface area contributed by atoms with Gasteiger partial charge in [0.15, 0.2) is 0 Å². The predicted molar refractivity (Wildman–Crippen MR) is 69.6 cm³/mol. The standard InChI is InChI=1S/C12H17N3O3S/c1-12(2,3)9-7-14-10(18-9)8-15-6-5-13-11(15)19(4,16)17/h5-7H,8H2,1-4H3. The number of nitrogens with zero attached hydrogens (tertiary/aromatic N) is 3. The molecule has 0 unspecified atom stereocenters. The molecule has 7 heteroatoms. The van der Waals surface area contributed by atoms with Crippen molar-refractivity contribution < 1.29 is 12.8 Å². The molecule has 6 nitrogen and oxygen atoms in total. The van der Waals surface area contributed by atoms with E-state index >= 15 is 0 Å². The van der Waals surface area contributed by atoms with Gasteiger partial charge in [-0.3, -0.25) is 0 Å². The Morgan fingerprint density at radius 1 is 1.32 bits per heavy atom. The molecule has 0 aromatic carbocycles. The number of sulfone groups is 1. The Kier molecular flexibility index (Phi) is 3.25. The first-order valence-corrected chi connectivity index (χ1v) is 7.73. The second-order valence-electron chi connectivity index (χ2n) is 5.48. The third-order valence-corrected chi connectivity index (χ3v) is 3.61. The van der Waals surface area contributed by atoms with Crippen molar-refractivity contribution in [3.8, 4) is 0 Å². The summed E-state index contributed by atoms with van der Waals surface area (Å²) >= 11 is 0. The molecule has 0 aliphatic heterocycles. The number of oxazole rings is 1. The number of imidazole rings is 1. The molecule has 2 aromatic rings. The van der Waals surface area contributed by atoms with Crippen LogP contribution in [0.25, 0.3) is 0 Å². The van der Waals surface area contributed by atoms with E-state index in [2.05, 4.69) is 9.97 Å². The summed E-state index contributed by atoms with van der Waals surface area (Å²) in [7, 11) is -3.35. The highest BCUT2D eigenvalue weighted by atomic mass is 32.2. The minimum absolute atomic E-state index is 0.0167. The van der Waals surface area contributed by atoms with Gasteiger partial charge in [-0.15, -0.1) is 0 Å². The maximum absolute atomic E-state index is 11.5. The van der Waals surface area contributed by atoms with Crippen molar-refractivity contribution in [2.45, 2.75) is 37.9 Å². The molecule has 0 aliphatic carbocycles. The molecular weight excluding hydrogens is 266 g/mol. The molecule has 0 spiro atoms. The van der Waals surface area contributed by atoms with Gasteiger partial charge in [0.1, 0.15) is 12.3 Å². The average molecular weight is 283 g/mol. The van der Waals surface area contributed by atoms with Crippen LogP contribution in [0.5, 0.6) is 0 Å². The van der Waals surface area contributed by atoms with Crippen LogP contribution in [0.1, 0.15) is 32.4 Å². The normalized spacial score (nSPS) is 12.8. The summed E-state index contributed by atoms with van der Waals surface area (Å²) in [6.45, 7) is 6.32. The first kappa shape index (κ1) is 13.8. The van der Waals surface area contributed by atoms with Crippen LogP contribution in [0.15, 0.2) is 28.2 Å². The van der Waals surface area contributed by atoms with Crippen LogP contribution >= 0.6 is 0 Å². The molecule has 19 heavy (non-hydrogen) atoms. The Hall–Kier alpha value is -1.63. The zero-order chi connectivity index (χ0) is 14.3. The molecule has 0 aliphatic rings. The molecule has 2 aromatic heterocycles. The topological polar surface area (TPSA) is 78.0 Å². The third-order valence-electron chi connectivity index (χ3n) is 2.61. The Labute approximate surface area is 112 Å². The molecule has 0 amide bonds. The van der Waals surface area contributed by atoms with E-state index in [-0.39, 0.29) is 17.1 Å². The Morgan fingerprint density at radius 2 is 2.00 bits per heavy atom. The quantitative estimate of drug-likeness (QED) is 0.855. The average Bonchev–Trinajstić information content (AvgIpc) is 2.84. The van der Waals surface area contributed by atoms with E-state index in [0.717, 1.165) is 12.0 Å². The maximum atomic E-state index is 11.5. The van der Waals surface area contributed by atoms with Crippen LogP contribution < -0.4 is 0 Å². The molecule has 0 radical (unpaired) electrons. The first-order valence-electron chi connectivity index (χ1n) is 5.84. The van der Waals surface area contributed by atoms with E-state index in [1.165, 1.54) is 10.8 Å². The molecule has 2 heterocycles. The van der Waals surface area contributed by atoms with E-state index in [0.29, 0.717) is 5.89 Å². The van der Waals surface area contributed by atoms with Gasteiger partial charge in [0.25, 0.3) is 0 Å². The van der Waals surface area contributed by atoms with Crippen molar-refractivity contribution in [2.24, 2.45) is 0 Å². The van der Waals surface area contributed by atoms with Gasteiger partial charge < -0.3 is 8.98 Å². The van der Waals surface area contributed by atoms with Crippen LogP contribution in [0.2, 0.25) is 0 Å². The van der Waals surface area contributed by atoms with Crippen LogP contribution in [0.4, 0.5) is 0 Å². The van der Waals surface area contributed by atoms with Gasteiger partial charge in [-0.1, -0.05) is 20.8 Å². The summed E-state index contributed by atoms with van der Waals surface area (Å²) in [5, 5.41) is 0.0167. The fourth-order valence-electron chi connectivity index (χ4n) is 1.62. The summed E-state index contributed by atoms with van der Waals surface area (Å²) in [6.07, 6.45) is 5.84. The lowest BCUT2D eigenvalue weighted by Crippen LogP contribution is -2.10. The van der Waals surface area contributed by atoms with Gasteiger partial charge in [-0.25, -0.2) is 18.4 Å². The van der Waals surface area contributed by atoms with E-state index in [1.807, 2.05) is 20.8 Å². The highest BCUT2D eigenvalue weighted by Crippen LogP contribution is 2.23. The lowest BCUT2D eigenvalue weighted by Gasteiger charge is -2.13. The van der Waals surface area contributed by atoms with Crippen molar-refractivity contribution in [3.05, 3.63) is 30.2 Å². The molecule has 0 saturated heterocycles. The maximum Gasteiger partial charge on any atom is 0.227 e. The fraction of sp³-hybridized carbons (Fsp3) is 0.500. The van der Waals surface area contributed by atoms with Crippen molar-refractivity contribution in [1.29, 1.82) is 0 Å². The summed E-state index contributed by atoms with van der Waals surface area (Å²) < 4.78 is 30.2. The number of aromatic nitrogens is 3. The lowest BCUT2D eigenvalue weighted by molar-refractivity contribution is 0.373. The second-order valence-corrected chi connectivity index (χ2v) is 7.39. The highest BCUT2D eigenvalue weighted by Gasteiger charge is 2.20. The molecule has 0 fully saturated rings. The number of hydrogen-bond acceptors (Lipinski definition) is 5. The van der Waals surface area contributed by atoms with Gasteiger partial charge in [-0.05, 0) is 0 Å². The lowest BCUT2D eigenvalue weighted by atomic mass is 9.94. The first-order chi connectivity index (χ1) is 8.68. The summed E-state index contributed by atoms with van der Waals surface area (Å²) in [5.74, 6) is 1.23. The molecule has 0 N–H and O–H groups in total. The molecular formula is C12H17N3O3S. The van der Waals surface area contributed by atoms with E-state index in [1.54, 1.807) is 12.4 Å². The predicted octanol–water partition coefficient (Wildman–Crippen LogP) is 1.62. The summed E-state index contributed by atoms with van der Waals surface area (Å²) in [6, 6.07) is 0. The Bertz CT molecular complexity index is 677. The summed E-state index contributed by atoms with van der Waals surface area (Å²) in [5.41, 5.74) is -0.125.